The third-order valence-electron chi connectivity index (χ3n) is 2.87. The summed E-state index contributed by atoms with van der Waals surface area (Å²) in [4.78, 5) is 0. The summed E-state index contributed by atoms with van der Waals surface area (Å²) >= 11 is 6.06. The van der Waals surface area contributed by atoms with Crippen molar-refractivity contribution in [3.05, 3.63) is 16.9 Å². The molecule has 90 valence electrons. The molecule has 0 aromatic carbocycles. The van der Waals surface area contributed by atoms with Crippen molar-refractivity contribution in [3.63, 3.8) is 0 Å². The van der Waals surface area contributed by atoms with Crippen LogP contribution in [0, 0.1) is 0 Å². The van der Waals surface area contributed by atoms with Crippen molar-refractivity contribution in [1.82, 2.24) is 9.78 Å². The minimum absolute atomic E-state index is 0.134. The Labute approximate surface area is 100 Å². The molecule has 0 aliphatic carbocycles. The van der Waals surface area contributed by atoms with Gasteiger partial charge in [0, 0.05) is 13.2 Å². The van der Waals surface area contributed by atoms with Crippen LogP contribution < -0.4 is 0 Å². The van der Waals surface area contributed by atoms with Crippen molar-refractivity contribution < 1.29 is 9.84 Å². The van der Waals surface area contributed by atoms with E-state index in [1.807, 2.05) is 0 Å². The maximum atomic E-state index is 10.2. The molecule has 2 unspecified atom stereocenters. The van der Waals surface area contributed by atoms with Gasteiger partial charge in [-0.05, 0) is 19.3 Å². The first-order chi connectivity index (χ1) is 7.74. The summed E-state index contributed by atoms with van der Waals surface area (Å²) < 4.78 is 7.25. The van der Waals surface area contributed by atoms with Crippen LogP contribution >= 0.6 is 11.6 Å². The van der Waals surface area contributed by atoms with Crippen molar-refractivity contribution in [2.45, 2.75) is 44.9 Å². The van der Waals surface area contributed by atoms with E-state index in [1.165, 1.54) is 0 Å². The number of ether oxygens (including phenoxy) is 1. The van der Waals surface area contributed by atoms with Crippen molar-refractivity contribution in [2.75, 3.05) is 6.61 Å². The molecular formula is C11H17ClN2O2. The summed E-state index contributed by atoms with van der Waals surface area (Å²) in [7, 11) is 0. The van der Waals surface area contributed by atoms with Crippen molar-refractivity contribution in [3.8, 4) is 0 Å². The number of rotatable bonds is 4. The summed E-state index contributed by atoms with van der Waals surface area (Å²) in [5.41, 5.74) is 0.690. The molecule has 1 fully saturated rings. The van der Waals surface area contributed by atoms with Gasteiger partial charge >= 0.3 is 0 Å². The lowest BCUT2D eigenvalue weighted by atomic mass is 10.1. The van der Waals surface area contributed by atoms with Crippen LogP contribution in [-0.4, -0.2) is 27.6 Å². The molecule has 5 heteroatoms. The first-order valence-electron chi connectivity index (χ1n) is 5.75. The zero-order valence-corrected chi connectivity index (χ0v) is 10.2. The molecule has 1 aliphatic heterocycles. The molecule has 4 nitrogen and oxygen atoms in total. The summed E-state index contributed by atoms with van der Waals surface area (Å²) in [5, 5.41) is 14.9. The number of aromatic nitrogens is 2. The van der Waals surface area contributed by atoms with Gasteiger partial charge in [-0.3, -0.25) is 4.68 Å². The van der Waals surface area contributed by atoms with E-state index in [2.05, 4.69) is 12.0 Å². The summed E-state index contributed by atoms with van der Waals surface area (Å²) in [6.45, 7) is 3.56. The second-order valence-corrected chi connectivity index (χ2v) is 4.50. The Morgan fingerprint density at radius 3 is 3.19 bits per heavy atom. The second kappa shape index (κ2) is 5.17. The molecule has 2 atom stereocenters. The number of halogens is 1. The smallest absolute Gasteiger partial charge is 0.123 e. The molecular weight excluding hydrogens is 228 g/mol. The molecule has 0 radical (unpaired) electrons. The van der Waals surface area contributed by atoms with E-state index in [0.717, 1.165) is 32.4 Å². The average Bonchev–Trinajstić information content (AvgIpc) is 2.88. The second-order valence-electron chi connectivity index (χ2n) is 4.10. The quantitative estimate of drug-likeness (QED) is 0.883. The predicted molar refractivity (Wildman–Crippen MR) is 61.5 cm³/mol. The number of aryl methyl sites for hydroxylation is 1. The van der Waals surface area contributed by atoms with E-state index in [0.29, 0.717) is 10.7 Å². The van der Waals surface area contributed by atoms with Gasteiger partial charge < -0.3 is 9.84 Å². The molecule has 1 saturated heterocycles. The van der Waals surface area contributed by atoms with Crippen LogP contribution in [0.25, 0.3) is 0 Å². The van der Waals surface area contributed by atoms with Crippen LogP contribution in [0.5, 0.6) is 0 Å². The van der Waals surface area contributed by atoms with Gasteiger partial charge in [-0.15, -0.1) is 0 Å². The number of nitrogens with zero attached hydrogens (tertiary/aromatic N) is 2. The van der Waals surface area contributed by atoms with E-state index in [4.69, 9.17) is 16.3 Å². The van der Waals surface area contributed by atoms with Gasteiger partial charge in [0.25, 0.3) is 0 Å². The van der Waals surface area contributed by atoms with Crippen LogP contribution in [0.2, 0.25) is 5.02 Å². The van der Waals surface area contributed by atoms with Crippen LogP contribution in [-0.2, 0) is 11.3 Å². The average molecular weight is 245 g/mol. The monoisotopic (exact) mass is 244 g/mol. The molecule has 16 heavy (non-hydrogen) atoms. The Bertz CT molecular complexity index is 348. The molecule has 1 aromatic heterocycles. The van der Waals surface area contributed by atoms with Crippen LogP contribution in [0.3, 0.4) is 0 Å². The van der Waals surface area contributed by atoms with Crippen LogP contribution in [0.1, 0.15) is 38.0 Å². The maximum Gasteiger partial charge on any atom is 0.123 e. The molecule has 1 N–H and O–H groups in total. The Morgan fingerprint density at radius 2 is 2.56 bits per heavy atom. The highest BCUT2D eigenvalue weighted by atomic mass is 35.5. The molecule has 0 spiro atoms. The van der Waals surface area contributed by atoms with Gasteiger partial charge in [-0.2, -0.15) is 5.10 Å². The molecule has 0 saturated carbocycles. The minimum Gasteiger partial charge on any atom is -0.384 e. The molecule has 2 heterocycles. The Hall–Kier alpha value is -0.580. The van der Waals surface area contributed by atoms with Gasteiger partial charge in [0.2, 0.25) is 0 Å². The Balaban J connectivity index is 2.19. The summed E-state index contributed by atoms with van der Waals surface area (Å²) in [6, 6.07) is 0. The Morgan fingerprint density at radius 1 is 1.75 bits per heavy atom. The number of aliphatic hydroxyl groups excluding tert-OH is 1. The fourth-order valence-electron chi connectivity index (χ4n) is 2.08. The lowest BCUT2D eigenvalue weighted by molar-refractivity contribution is -0.00694. The number of hydrogen-bond acceptors (Lipinski definition) is 3. The van der Waals surface area contributed by atoms with Crippen LogP contribution in [0.4, 0.5) is 0 Å². The van der Waals surface area contributed by atoms with Gasteiger partial charge in [0.1, 0.15) is 6.10 Å². The number of hydrogen-bond donors (Lipinski definition) is 1. The van der Waals surface area contributed by atoms with E-state index in [-0.39, 0.29) is 6.10 Å². The maximum absolute atomic E-state index is 10.2. The topological polar surface area (TPSA) is 47.3 Å². The van der Waals surface area contributed by atoms with E-state index in [1.54, 1.807) is 10.9 Å². The fraction of sp³-hybridized carbons (Fsp3) is 0.727. The molecule has 1 aromatic rings. The summed E-state index contributed by atoms with van der Waals surface area (Å²) in [5.74, 6) is 0. The highest BCUT2D eigenvalue weighted by molar-refractivity contribution is 6.31. The molecule has 1 aliphatic rings. The zero-order chi connectivity index (χ0) is 11.5. The van der Waals surface area contributed by atoms with Gasteiger partial charge in [0.05, 0.1) is 23.0 Å². The van der Waals surface area contributed by atoms with Crippen molar-refractivity contribution in [2.24, 2.45) is 0 Å². The fourth-order valence-corrected chi connectivity index (χ4v) is 2.34. The Kier molecular flexibility index (Phi) is 3.84. The number of aliphatic hydroxyl groups is 1. The molecule has 2 rings (SSSR count). The van der Waals surface area contributed by atoms with Crippen molar-refractivity contribution in [1.29, 1.82) is 0 Å². The zero-order valence-electron chi connectivity index (χ0n) is 9.40. The normalized spacial score (nSPS) is 22.6. The molecule has 0 amide bonds. The predicted octanol–water partition coefficient (Wildman–Crippen LogP) is 2.16. The minimum atomic E-state index is -0.663. The largest absolute Gasteiger partial charge is 0.384 e. The highest BCUT2D eigenvalue weighted by Crippen LogP contribution is 2.31. The first kappa shape index (κ1) is 11.9. The van der Waals surface area contributed by atoms with E-state index in [9.17, 15) is 5.11 Å². The van der Waals surface area contributed by atoms with Gasteiger partial charge in [-0.1, -0.05) is 18.5 Å². The SMILES string of the molecule is CCCn1ncc(Cl)c1C(O)C1CCCO1. The lowest BCUT2D eigenvalue weighted by Gasteiger charge is -2.19. The third kappa shape index (κ3) is 2.24. The third-order valence-corrected chi connectivity index (χ3v) is 3.16. The highest BCUT2D eigenvalue weighted by Gasteiger charge is 2.29. The lowest BCUT2D eigenvalue weighted by Crippen LogP contribution is -2.21. The van der Waals surface area contributed by atoms with E-state index < -0.39 is 6.10 Å². The molecule has 0 bridgehead atoms. The first-order valence-corrected chi connectivity index (χ1v) is 6.12. The standard InChI is InChI=1S/C11H17ClN2O2/c1-2-5-14-10(8(12)7-13-14)11(15)9-4-3-6-16-9/h7,9,11,15H,2-6H2,1H3. The van der Waals surface area contributed by atoms with Crippen molar-refractivity contribution >= 4 is 11.6 Å². The van der Waals surface area contributed by atoms with E-state index >= 15 is 0 Å². The summed E-state index contributed by atoms with van der Waals surface area (Å²) in [6.07, 6.45) is 3.64. The van der Waals surface area contributed by atoms with Gasteiger partial charge in [0.15, 0.2) is 0 Å². The van der Waals surface area contributed by atoms with Crippen LogP contribution in [0.15, 0.2) is 6.20 Å². The van der Waals surface area contributed by atoms with Gasteiger partial charge in [-0.25, -0.2) is 0 Å².